The molecule has 0 radical (unpaired) electrons. The van der Waals surface area contributed by atoms with Crippen LogP contribution in [0.1, 0.15) is 6.92 Å². The lowest BCUT2D eigenvalue weighted by Crippen LogP contribution is -2.26. The van der Waals surface area contributed by atoms with Crippen molar-refractivity contribution < 1.29 is 0 Å². The molecule has 0 bridgehead atoms. The van der Waals surface area contributed by atoms with Crippen LogP contribution in [0.4, 0.5) is 11.4 Å². The Balaban J connectivity index is 2.08. The van der Waals surface area contributed by atoms with E-state index in [4.69, 9.17) is 23.2 Å². The van der Waals surface area contributed by atoms with Crippen LogP contribution in [0.25, 0.3) is 0 Å². The smallest absolute Gasteiger partial charge is 0.0567 e. The topological polar surface area (TPSA) is 3.24 Å². The van der Waals surface area contributed by atoms with Crippen LogP contribution >= 0.6 is 35.0 Å². The molecule has 20 heavy (non-hydrogen) atoms. The summed E-state index contributed by atoms with van der Waals surface area (Å²) >= 11 is 14.0. The van der Waals surface area contributed by atoms with Gasteiger partial charge in [-0.1, -0.05) is 42.4 Å². The molecule has 2 aromatic carbocycles. The molecule has 1 aliphatic heterocycles. The lowest BCUT2D eigenvalue weighted by atomic mass is 10.1. The number of alkyl halides is 1. The van der Waals surface area contributed by atoms with E-state index in [1.54, 1.807) is 11.8 Å². The van der Waals surface area contributed by atoms with Gasteiger partial charge in [0.1, 0.15) is 0 Å². The molecule has 0 N–H and O–H groups in total. The third kappa shape index (κ3) is 2.65. The van der Waals surface area contributed by atoms with Crippen LogP contribution in [0, 0.1) is 5.92 Å². The van der Waals surface area contributed by atoms with Gasteiger partial charge in [-0.05, 0) is 36.2 Å². The molecule has 0 amide bonds. The monoisotopic (exact) mass is 323 g/mol. The third-order valence-electron chi connectivity index (χ3n) is 3.35. The molecular weight excluding hydrogens is 309 g/mol. The molecule has 0 aliphatic carbocycles. The molecule has 0 spiro atoms. The Morgan fingerprint density at radius 3 is 2.65 bits per heavy atom. The minimum Gasteiger partial charge on any atom is -0.339 e. The van der Waals surface area contributed by atoms with E-state index in [1.165, 1.54) is 21.2 Å². The third-order valence-corrected chi connectivity index (χ3v) is 5.24. The number of para-hydroxylation sites is 1. The molecule has 3 rings (SSSR count). The van der Waals surface area contributed by atoms with Crippen LogP contribution in [-0.4, -0.2) is 12.4 Å². The lowest BCUT2D eigenvalue weighted by molar-refractivity contribution is 0.653. The van der Waals surface area contributed by atoms with Crippen LogP contribution < -0.4 is 4.90 Å². The van der Waals surface area contributed by atoms with E-state index < -0.39 is 0 Å². The first-order valence-corrected chi connectivity index (χ1v) is 8.32. The van der Waals surface area contributed by atoms with Crippen LogP contribution in [0.3, 0.4) is 0 Å². The van der Waals surface area contributed by atoms with Gasteiger partial charge in [-0.3, -0.25) is 0 Å². The SMILES string of the molecule is CC(CCl)CN1c2ccccc2Sc2ccc(Cl)cc21. The highest BCUT2D eigenvalue weighted by molar-refractivity contribution is 7.99. The fraction of sp³-hybridized carbons (Fsp3) is 0.250. The molecule has 1 heterocycles. The molecule has 1 nitrogen and oxygen atoms in total. The van der Waals surface area contributed by atoms with Crippen molar-refractivity contribution in [3.63, 3.8) is 0 Å². The van der Waals surface area contributed by atoms with E-state index in [-0.39, 0.29) is 0 Å². The van der Waals surface area contributed by atoms with Gasteiger partial charge in [0.15, 0.2) is 0 Å². The fourth-order valence-corrected chi connectivity index (χ4v) is 3.70. The molecule has 0 fully saturated rings. The normalized spacial score (nSPS) is 14.7. The summed E-state index contributed by atoms with van der Waals surface area (Å²) in [6.07, 6.45) is 0. The number of rotatable bonds is 3. The van der Waals surface area contributed by atoms with Crippen molar-refractivity contribution in [2.75, 3.05) is 17.3 Å². The molecule has 2 aromatic rings. The van der Waals surface area contributed by atoms with Gasteiger partial charge in [0.05, 0.1) is 11.4 Å². The summed E-state index contributed by atoms with van der Waals surface area (Å²) in [5, 5.41) is 0.771. The zero-order valence-corrected chi connectivity index (χ0v) is 13.5. The Labute approximate surface area is 133 Å². The first-order chi connectivity index (χ1) is 9.69. The second-order valence-corrected chi connectivity index (χ2v) is 6.88. The Bertz CT molecular complexity index is 630. The maximum absolute atomic E-state index is 6.18. The highest BCUT2D eigenvalue weighted by Crippen LogP contribution is 2.48. The largest absolute Gasteiger partial charge is 0.339 e. The summed E-state index contributed by atoms with van der Waals surface area (Å²) in [6.45, 7) is 3.07. The van der Waals surface area contributed by atoms with Crippen molar-refractivity contribution in [2.24, 2.45) is 5.92 Å². The van der Waals surface area contributed by atoms with Crippen molar-refractivity contribution in [1.29, 1.82) is 0 Å². The van der Waals surface area contributed by atoms with Crippen LogP contribution in [-0.2, 0) is 0 Å². The zero-order valence-electron chi connectivity index (χ0n) is 11.1. The van der Waals surface area contributed by atoms with Gasteiger partial charge in [0, 0.05) is 27.2 Å². The van der Waals surface area contributed by atoms with E-state index in [1.807, 2.05) is 12.1 Å². The van der Waals surface area contributed by atoms with Crippen LogP contribution in [0.5, 0.6) is 0 Å². The van der Waals surface area contributed by atoms with Crippen molar-refractivity contribution >= 4 is 46.3 Å². The van der Waals surface area contributed by atoms with Gasteiger partial charge in [0.2, 0.25) is 0 Å². The highest BCUT2D eigenvalue weighted by atomic mass is 35.5. The van der Waals surface area contributed by atoms with Gasteiger partial charge in [-0.25, -0.2) is 0 Å². The number of benzene rings is 2. The number of fused-ring (bicyclic) bond motifs is 2. The predicted molar refractivity (Wildman–Crippen MR) is 88.9 cm³/mol. The molecular formula is C16H15Cl2NS. The molecule has 104 valence electrons. The quantitative estimate of drug-likeness (QED) is 0.655. The Morgan fingerprint density at radius 2 is 1.85 bits per heavy atom. The number of nitrogens with zero attached hydrogens (tertiary/aromatic N) is 1. The Hall–Kier alpha value is -0.830. The van der Waals surface area contributed by atoms with Crippen molar-refractivity contribution in [3.05, 3.63) is 47.5 Å². The first kappa shape index (κ1) is 14.1. The molecule has 0 saturated heterocycles. The van der Waals surface area contributed by atoms with E-state index in [9.17, 15) is 0 Å². The van der Waals surface area contributed by atoms with Crippen molar-refractivity contribution in [1.82, 2.24) is 0 Å². The van der Waals surface area contributed by atoms with E-state index >= 15 is 0 Å². The van der Waals surface area contributed by atoms with Crippen LogP contribution in [0.15, 0.2) is 52.3 Å². The average molecular weight is 324 g/mol. The Morgan fingerprint density at radius 1 is 1.10 bits per heavy atom. The first-order valence-electron chi connectivity index (χ1n) is 6.59. The van der Waals surface area contributed by atoms with E-state index in [2.05, 4.69) is 42.2 Å². The molecule has 0 saturated carbocycles. The summed E-state index contributed by atoms with van der Waals surface area (Å²) < 4.78 is 0. The molecule has 1 atom stereocenters. The van der Waals surface area contributed by atoms with Gasteiger partial charge < -0.3 is 4.90 Å². The summed E-state index contributed by atoms with van der Waals surface area (Å²) in [6, 6.07) is 14.6. The summed E-state index contributed by atoms with van der Waals surface area (Å²) in [4.78, 5) is 4.86. The average Bonchev–Trinajstić information content (AvgIpc) is 2.47. The maximum Gasteiger partial charge on any atom is 0.0567 e. The number of anilines is 2. The standard InChI is InChI=1S/C16H15Cl2NS/c1-11(9-17)10-19-13-4-2-3-5-15(13)20-16-7-6-12(18)8-14(16)19/h2-8,11H,9-10H2,1H3. The lowest BCUT2D eigenvalue weighted by Gasteiger charge is -2.34. The minimum atomic E-state index is 0.416. The zero-order chi connectivity index (χ0) is 14.1. The molecule has 0 aromatic heterocycles. The van der Waals surface area contributed by atoms with Crippen molar-refractivity contribution in [3.8, 4) is 0 Å². The van der Waals surface area contributed by atoms with Crippen molar-refractivity contribution in [2.45, 2.75) is 16.7 Å². The van der Waals surface area contributed by atoms with Gasteiger partial charge in [-0.15, -0.1) is 11.6 Å². The molecule has 1 unspecified atom stereocenters. The number of hydrogen-bond acceptors (Lipinski definition) is 2. The highest BCUT2D eigenvalue weighted by Gasteiger charge is 2.24. The summed E-state index contributed by atoms with van der Waals surface area (Å²) in [5.74, 6) is 1.07. The molecule has 1 aliphatic rings. The summed E-state index contributed by atoms with van der Waals surface area (Å²) in [5.41, 5.74) is 2.42. The predicted octanol–water partition coefficient (Wildman–Crippen LogP) is 5.82. The van der Waals surface area contributed by atoms with E-state index in [0.29, 0.717) is 11.8 Å². The number of hydrogen-bond donors (Lipinski definition) is 0. The van der Waals surface area contributed by atoms with Gasteiger partial charge in [-0.2, -0.15) is 0 Å². The second-order valence-electron chi connectivity index (χ2n) is 5.05. The van der Waals surface area contributed by atoms with Crippen LogP contribution in [0.2, 0.25) is 5.02 Å². The number of halogens is 2. The summed E-state index contributed by atoms with van der Waals surface area (Å²) in [7, 11) is 0. The van der Waals surface area contributed by atoms with Gasteiger partial charge >= 0.3 is 0 Å². The maximum atomic E-state index is 6.18. The fourth-order valence-electron chi connectivity index (χ4n) is 2.36. The van der Waals surface area contributed by atoms with Gasteiger partial charge in [0.25, 0.3) is 0 Å². The second kappa shape index (κ2) is 5.88. The van der Waals surface area contributed by atoms with E-state index in [0.717, 1.165) is 11.6 Å². The molecule has 4 heteroatoms. The Kier molecular flexibility index (Phi) is 4.16. The minimum absolute atomic E-state index is 0.416.